The summed E-state index contributed by atoms with van der Waals surface area (Å²) in [6.45, 7) is 3.80. The fourth-order valence-corrected chi connectivity index (χ4v) is 3.37. The standard InChI is InChI=1S/C23H20N2O3/c1-23(2,15-8-10-16(26)11-9-15)25-22(28)14-7-12-18-20(13-14)24-19-6-4-3-5-17(19)21(18)27/h3-13,26H,1-2H3,(H,24,27)(H,25,28)/i/hT. The van der Waals surface area contributed by atoms with Gasteiger partial charge in [-0.1, -0.05) is 24.3 Å². The van der Waals surface area contributed by atoms with Gasteiger partial charge in [0.1, 0.15) is 5.75 Å². The molecule has 3 N–H and O–H groups in total. The molecule has 0 radical (unpaired) electrons. The van der Waals surface area contributed by atoms with E-state index in [1.807, 2.05) is 44.2 Å². The van der Waals surface area contributed by atoms with Gasteiger partial charge >= 0.3 is 0 Å². The SMILES string of the molecule is [3H]Oc1ccc(C(C)(C)NC(=O)c2ccc3c(=O)c4ccccc4[nH]c3c2)cc1. The molecular formula is C23H20N2O3. The van der Waals surface area contributed by atoms with Crippen LogP contribution in [0.2, 0.25) is 0 Å². The van der Waals surface area contributed by atoms with Gasteiger partial charge in [-0.2, -0.15) is 0 Å². The number of para-hydroxylation sites is 1. The molecule has 0 fully saturated rings. The van der Waals surface area contributed by atoms with Crippen molar-refractivity contribution >= 4 is 27.7 Å². The van der Waals surface area contributed by atoms with Gasteiger partial charge in [-0.15, -0.1) is 0 Å². The third-order valence-electron chi connectivity index (χ3n) is 4.97. The number of rotatable bonds is 4. The number of carbonyl (C=O) groups is 1. The Labute approximate surface area is 163 Å². The number of benzene rings is 3. The summed E-state index contributed by atoms with van der Waals surface area (Å²) in [7, 11) is 0. The van der Waals surface area contributed by atoms with Crippen LogP contribution < -0.4 is 10.7 Å². The predicted octanol–water partition coefficient (Wildman–Crippen LogP) is 4.05. The smallest absolute Gasteiger partial charge is 0.293 e. The molecule has 0 atom stereocenters. The number of aromatic nitrogens is 1. The molecule has 5 heteroatoms. The molecule has 0 bridgehead atoms. The molecule has 1 amide bonds. The first kappa shape index (κ1) is 16.6. The Hall–Kier alpha value is -3.60. The van der Waals surface area contributed by atoms with Crippen LogP contribution in [0.1, 0.15) is 29.8 Å². The van der Waals surface area contributed by atoms with Gasteiger partial charge in [0.2, 0.25) is 0 Å². The molecule has 0 saturated carbocycles. The zero-order valence-electron chi connectivity index (χ0n) is 16.6. The minimum atomic E-state index is -0.636. The number of hydrogen-bond acceptors (Lipinski definition) is 3. The molecule has 0 aliphatic heterocycles. The molecule has 28 heavy (non-hydrogen) atoms. The second-order valence-electron chi connectivity index (χ2n) is 7.36. The summed E-state index contributed by atoms with van der Waals surface area (Å²) in [5.74, 6) is 0.188. The minimum absolute atomic E-state index is 0.0571. The third-order valence-corrected chi connectivity index (χ3v) is 4.97. The molecule has 4 rings (SSSR count). The first-order valence-corrected chi connectivity index (χ1v) is 9.00. The predicted molar refractivity (Wildman–Crippen MR) is 111 cm³/mol. The quantitative estimate of drug-likeness (QED) is 0.471. The number of phenols is 1. The molecule has 3 aromatic carbocycles. The maximum atomic E-state index is 12.9. The highest BCUT2D eigenvalue weighted by Gasteiger charge is 2.23. The van der Waals surface area contributed by atoms with E-state index < -0.39 is 5.54 Å². The molecule has 140 valence electrons. The van der Waals surface area contributed by atoms with Crippen molar-refractivity contribution in [2.45, 2.75) is 19.4 Å². The number of hydrogen-bond donors (Lipinski definition) is 3. The van der Waals surface area contributed by atoms with Gasteiger partial charge in [-0.05, 0) is 61.9 Å². The molecule has 0 saturated heterocycles. The summed E-state index contributed by atoms with van der Waals surface area (Å²) in [6, 6.07) is 19.4. The zero-order chi connectivity index (χ0) is 20.6. The van der Waals surface area contributed by atoms with Crippen LogP contribution in [0.5, 0.6) is 5.75 Å². The summed E-state index contributed by atoms with van der Waals surface area (Å²) >= 11 is 0. The molecule has 1 aromatic heterocycles. The fraction of sp³-hybridized carbons (Fsp3) is 0.130. The second-order valence-corrected chi connectivity index (χ2v) is 7.36. The second kappa shape index (κ2) is 6.53. The van der Waals surface area contributed by atoms with Gasteiger partial charge < -0.3 is 15.4 Å². The van der Waals surface area contributed by atoms with Crippen molar-refractivity contribution in [3.05, 3.63) is 88.1 Å². The van der Waals surface area contributed by atoms with E-state index in [2.05, 4.69) is 15.4 Å². The van der Waals surface area contributed by atoms with E-state index >= 15 is 0 Å². The van der Waals surface area contributed by atoms with Crippen LogP contribution in [-0.2, 0) is 5.54 Å². The number of aromatic amines is 1. The highest BCUT2D eigenvalue weighted by atomic mass is 16.3. The topological polar surface area (TPSA) is 82.2 Å². The van der Waals surface area contributed by atoms with E-state index in [0.29, 0.717) is 27.6 Å². The van der Waals surface area contributed by atoms with Crippen LogP contribution in [-0.4, -0.2) is 17.4 Å². The zero-order valence-corrected chi connectivity index (χ0v) is 15.6. The van der Waals surface area contributed by atoms with Crippen molar-refractivity contribution in [2.75, 3.05) is 0 Å². The minimum Gasteiger partial charge on any atom is -0.508 e. The summed E-state index contributed by atoms with van der Waals surface area (Å²) in [5, 5.41) is 8.64. The largest absolute Gasteiger partial charge is 0.508 e. The monoisotopic (exact) mass is 374 g/mol. The first-order chi connectivity index (χ1) is 13.9. The molecule has 1 heterocycles. The average molecular weight is 374 g/mol. The highest BCUT2D eigenvalue weighted by Crippen LogP contribution is 2.23. The number of fused-ring (bicyclic) bond motifs is 2. The average Bonchev–Trinajstić information content (AvgIpc) is 2.73. The van der Waals surface area contributed by atoms with E-state index in [0.717, 1.165) is 11.1 Å². The van der Waals surface area contributed by atoms with Crippen molar-refractivity contribution in [3.63, 3.8) is 0 Å². The van der Waals surface area contributed by atoms with Crippen LogP contribution in [0.4, 0.5) is 0 Å². The van der Waals surface area contributed by atoms with E-state index in [1.165, 1.54) is 0 Å². The maximum absolute atomic E-state index is 12.9. The van der Waals surface area contributed by atoms with Crippen LogP contribution >= 0.6 is 0 Å². The molecule has 0 aliphatic rings. The number of pyridine rings is 1. The summed E-state index contributed by atoms with van der Waals surface area (Å²) < 4.78 is 6.93. The van der Waals surface area contributed by atoms with E-state index in [4.69, 9.17) is 1.43 Å². The van der Waals surface area contributed by atoms with E-state index in [-0.39, 0.29) is 11.3 Å². The molecule has 4 aromatic rings. The van der Waals surface area contributed by atoms with Crippen molar-refractivity contribution < 1.29 is 9.90 Å². The Morgan fingerprint density at radius 2 is 1.71 bits per heavy atom. The molecule has 0 spiro atoms. The van der Waals surface area contributed by atoms with Crippen LogP contribution in [0, 0.1) is 0 Å². The lowest BCUT2D eigenvalue weighted by Gasteiger charge is -2.27. The first-order valence-electron chi connectivity index (χ1n) is 9.41. The molecule has 0 unspecified atom stereocenters. The third kappa shape index (κ3) is 3.11. The number of aromatic hydroxyl groups is 1. The number of H-pyrrole nitrogens is 1. The lowest BCUT2D eigenvalue weighted by molar-refractivity contribution is 0.0912. The van der Waals surface area contributed by atoms with Gasteiger partial charge in [-0.25, -0.2) is 0 Å². The van der Waals surface area contributed by atoms with Crippen molar-refractivity contribution in [3.8, 4) is 5.75 Å². The van der Waals surface area contributed by atoms with E-state index in [1.54, 1.807) is 36.4 Å². The van der Waals surface area contributed by atoms with Gasteiger partial charge in [0.05, 0.1) is 11.1 Å². The van der Waals surface area contributed by atoms with Crippen LogP contribution in [0.25, 0.3) is 21.8 Å². The number of amides is 1. The van der Waals surface area contributed by atoms with Gasteiger partial charge in [0.25, 0.3) is 7.34 Å². The molecule has 5 nitrogen and oxygen atoms in total. The van der Waals surface area contributed by atoms with Gasteiger partial charge in [0.15, 0.2) is 5.43 Å². The van der Waals surface area contributed by atoms with Gasteiger partial charge in [0, 0.05) is 21.9 Å². The Balaban J connectivity index is 1.67. The highest BCUT2D eigenvalue weighted by molar-refractivity contribution is 6.00. The summed E-state index contributed by atoms with van der Waals surface area (Å²) in [5.41, 5.74) is 2.01. The van der Waals surface area contributed by atoms with Crippen molar-refractivity contribution in [1.82, 2.24) is 10.3 Å². The normalized spacial score (nSPS) is 12.0. The number of carbonyl (C=O) groups excluding carboxylic acids is 1. The van der Waals surface area contributed by atoms with Crippen LogP contribution in [0.3, 0.4) is 0 Å². The van der Waals surface area contributed by atoms with Crippen LogP contribution in [0.15, 0.2) is 71.5 Å². The van der Waals surface area contributed by atoms with Crippen molar-refractivity contribution in [2.24, 2.45) is 0 Å². The lowest BCUT2D eigenvalue weighted by atomic mass is 9.93. The van der Waals surface area contributed by atoms with Gasteiger partial charge in [-0.3, -0.25) is 9.59 Å². The maximum Gasteiger partial charge on any atom is 0.293 e. The molecular weight excluding hydrogens is 352 g/mol. The Morgan fingerprint density at radius 3 is 2.46 bits per heavy atom. The summed E-state index contributed by atoms with van der Waals surface area (Å²) in [6.07, 6.45) is 0. The lowest BCUT2D eigenvalue weighted by Crippen LogP contribution is -2.40. The van der Waals surface area contributed by atoms with E-state index in [9.17, 15) is 9.59 Å². The Kier molecular flexibility index (Phi) is 3.86. The Bertz CT molecular complexity index is 1280. The Morgan fingerprint density at radius 1 is 1.00 bits per heavy atom. The molecule has 0 aliphatic carbocycles. The number of phenolic OH excluding ortho intramolecular Hbond substituents is 1. The number of nitrogens with one attached hydrogen (secondary N) is 2. The fourth-order valence-electron chi connectivity index (χ4n) is 3.37. The van der Waals surface area contributed by atoms with Crippen molar-refractivity contribution in [1.29, 1.82) is 1.43 Å². The summed E-state index contributed by atoms with van der Waals surface area (Å²) in [4.78, 5) is 28.8.